The molecule has 0 aromatic rings. The van der Waals surface area contributed by atoms with Gasteiger partial charge in [0.05, 0.1) is 0 Å². The molecule has 0 radical (unpaired) electrons. The number of halogens is 1. The second kappa shape index (κ2) is 14.0. The molecule has 0 aromatic heterocycles. The van der Waals surface area contributed by atoms with Crippen LogP contribution in [0.1, 0.15) is 52.9 Å². The van der Waals surface area contributed by atoms with Gasteiger partial charge in [0.1, 0.15) is 0 Å². The first-order chi connectivity index (χ1) is 11.4. The summed E-state index contributed by atoms with van der Waals surface area (Å²) < 4.78 is 0. The lowest BCUT2D eigenvalue weighted by Crippen LogP contribution is -2.47. The summed E-state index contributed by atoms with van der Waals surface area (Å²) in [6.07, 6.45) is 6.52. The maximum absolute atomic E-state index is 4.39. The van der Waals surface area contributed by atoms with E-state index < -0.39 is 0 Å². The lowest BCUT2D eigenvalue weighted by atomic mass is 10.1. The van der Waals surface area contributed by atoms with Crippen molar-refractivity contribution in [1.29, 1.82) is 0 Å². The van der Waals surface area contributed by atoms with E-state index in [0.717, 1.165) is 19.0 Å². The molecule has 5 nitrogen and oxygen atoms in total. The van der Waals surface area contributed by atoms with Crippen LogP contribution in [0.2, 0.25) is 0 Å². The summed E-state index contributed by atoms with van der Waals surface area (Å²) in [5, 5.41) is 7.10. The third-order valence-electron chi connectivity index (χ3n) is 4.99. The molecule has 1 rings (SSSR count). The van der Waals surface area contributed by atoms with Crippen molar-refractivity contribution in [2.24, 2.45) is 10.9 Å². The van der Waals surface area contributed by atoms with Crippen molar-refractivity contribution in [1.82, 2.24) is 20.4 Å². The minimum atomic E-state index is 0. The van der Waals surface area contributed by atoms with Gasteiger partial charge < -0.3 is 15.5 Å². The van der Waals surface area contributed by atoms with Crippen molar-refractivity contribution in [3.05, 3.63) is 0 Å². The molecule has 1 heterocycles. The fourth-order valence-corrected chi connectivity index (χ4v) is 3.27. The molecule has 0 amide bonds. The molecule has 1 aliphatic rings. The predicted molar refractivity (Wildman–Crippen MR) is 121 cm³/mol. The van der Waals surface area contributed by atoms with Gasteiger partial charge in [-0.05, 0) is 53.2 Å². The number of rotatable bonds is 10. The van der Waals surface area contributed by atoms with E-state index in [1.165, 1.54) is 45.2 Å². The Hall–Kier alpha value is -0.0800. The molecule has 25 heavy (non-hydrogen) atoms. The molecule has 0 aromatic carbocycles. The fourth-order valence-electron chi connectivity index (χ4n) is 3.27. The zero-order valence-corrected chi connectivity index (χ0v) is 19.7. The molecule has 0 bridgehead atoms. The molecule has 0 aliphatic carbocycles. The van der Waals surface area contributed by atoms with Crippen molar-refractivity contribution in [2.75, 3.05) is 47.3 Å². The van der Waals surface area contributed by atoms with Crippen LogP contribution < -0.4 is 10.6 Å². The van der Waals surface area contributed by atoms with Gasteiger partial charge in [0.2, 0.25) is 0 Å². The smallest absolute Gasteiger partial charge is 0.191 e. The quantitative estimate of drug-likeness (QED) is 0.224. The van der Waals surface area contributed by atoms with Crippen LogP contribution in [0.5, 0.6) is 0 Å². The summed E-state index contributed by atoms with van der Waals surface area (Å²) >= 11 is 0. The maximum Gasteiger partial charge on any atom is 0.191 e. The van der Waals surface area contributed by atoms with Crippen LogP contribution in [0.25, 0.3) is 0 Å². The Bertz CT molecular complexity index is 360. The van der Waals surface area contributed by atoms with Crippen LogP contribution in [0.15, 0.2) is 4.99 Å². The Morgan fingerprint density at radius 1 is 1.12 bits per heavy atom. The van der Waals surface area contributed by atoms with Crippen LogP contribution in [0.4, 0.5) is 0 Å². The first-order valence-corrected chi connectivity index (χ1v) is 9.80. The number of nitrogens with zero attached hydrogens (tertiary/aromatic N) is 3. The van der Waals surface area contributed by atoms with Gasteiger partial charge in [-0.25, -0.2) is 0 Å². The van der Waals surface area contributed by atoms with Gasteiger partial charge >= 0.3 is 0 Å². The van der Waals surface area contributed by atoms with E-state index in [2.05, 4.69) is 60.3 Å². The Balaban J connectivity index is 0.00000576. The number of aliphatic imine (C=N–C) groups is 1. The van der Waals surface area contributed by atoms with Crippen LogP contribution in [0, 0.1) is 5.92 Å². The molecule has 1 aliphatic heterocycles. The summed E-state index contributed by atoms with van der Waals surface area (Å²) in [6, 6.07) is 1.13. The molecular formula is C19H42IN5. The molecule has 1 fully saturated rings. The lowest BCUT2D eigenvalue weighted by molar-refractivity contribution is 0.265. The highest BCUT2D eigenvalue weighted by Crippen LogP contribution is 2.18. The van der Waals surface area contributed by atoms with Crippen LogP contribution >= 0.6 is 24.0 Å². The van der Waals surface area contributed by atoms with E-state index in [4.69, 9.17) is 0 Å². The largest absolute Gasteiger partial charge is 0.356 e. The Kier molecular flexibility index (Phi) is 14.0. The fraction of sp³-hybridized carbons (Fsp3) is 0.947. The Morgan fingerprint density at radius 2 is 1.76 bits per heavy atom. The zero-order valence-electron chi connectivity index (χ0n) is 17.3. The van der Waals surface area contributed by atoms with Gasteiger partial charge in [-0.3, -0.25) is 9.89 Å². The van der Waals surface area contributed by atoms with E-state index in [-0.39, 0.29) is 24.0 Å². The van der Waals surface area contributed by atoms with Crippen molar-refractivity contribution >= 4 is 29.9 Å². The van der Waals surface area contributed by atoms with Gasteiger partial charge in [-0.2, -0.15) is 0 Å². The van der Waals surface area contributed by atoms with Crippen molar-refractivity contribution in [3.8, 4) is 0 Å². The standard InChI is InChI=1S/C19H41N5.HI/c1-16(2)24-14-17(3)18(15-24)22-19(20-4)21-12-10-8-7-9-11-13-23(5)6;/h16-18H,7-15H2,1-6H3,(H2,20,21,22);1H. The summed E-state index contributed by atoms with van der Waals surface area (Å²) in [4.78, 5) is 9.20. The molecule has 0 spiro atoms. The topological polar surface area (TPSA) is 42.9 Å². The summed E-state index contributed by atoms with van der Waals surface area (Å²) in [7, 11) is 6.17. The number of hydrogen-bond donors (Lipinski definition) is 2. The number of guanidine groups is 1. The van der Waals surface area contributed by atoms with Crippen molar-refractivity contribution in [3.63, 3.8) is 0 Å². The lowest BCUT2D eigenvalue weighted by Gasteiger charge is -2.22. The van der Waals surface area contributed by atoms with Crippen molar-refractivity contribution in [2.45, 2.75) is 65.0 Å². The molecule has 2 atom stereocenters. The molecule has 6 heteroatoms. The number of unbranched alkanes of at least 4 members (excludes halogenated alkanes) is 4. The van der Waals surface area contributed by atoms with Crippen LogP contribution in [-0.2, 0) is 0 Å². The van der Waals surface area contributed by atoms with Crippen molar-refractivity contribution < 1.29 is 0 Å². The molecular weight excluding hydrogens is 425 g/mol. The average Bonchev–Trinajstić information content (AvgIpc) is 2.89. The molecule has 2 unspecified atom stereocenters. The average molecular weight is 467 g/mol. The summed E-state index contributed by atoms with van der Waals surface area (Å²) in [6.45, 7) is 11.4. The summed E-state index contributed by atoms with van der Waals surface area (Å²) in [5.41, 5.74) is 0. The van der Waals surface area contributed by atoms with E-state index in [1.807, 2.05) is 7.05 Å². The molecule has 0 saturated carbocycles. The van der Waals surface area contributed by atoms with Gasteiger partial charge in [-0.15, -0.1) is 24.0 Å². The van der Waals surface area contributed by atoms with Gasteiger partial charge in [0.15, 0.2) is 5.96 Å². The second-order valence-electron chi connectivity index (χ2n) is 7.85. The van der Waals surface area contributed by atoms with Crippen LogP contribution in [-0.4, -0.2) is 75.2 Å². The third-order valence-corrected chi connectivity index (χ3v) is 4.99. The first-order valence-electron chi connectivity index (χ1n) is 9.80. The third kappa shape index (κ3) is 10.6. The first kappa shape index (κ1) is 24.9. The van der Waals surface area contributed by atoms with E-state index in [1.54, 1.807) is 0 Å². The minimum absolute atomic E-state index is 0. The highest BCUT2D eigenvalue weighted by Gasteiger charge is 2.31. The zero-order chi connectivity index (χ0) is 17.9. The Labute approximate surface area is 173 Å². The molecule has 2 N–H and O–H groups in total. The summed E-state index contributed by atoms with van der Waals surface area (Å²) in [5.74, 6) is 1.63. The molecule has 150 valence electrons. The SMILES string of the molecule is CN=C(NCCCCCCCN(C)C)NC1CN(C(C)C)CC1C.I. The van der Waals surface area contributed by atoms with Gasteiger partial charge in [0, 0.05) is 38.8 Å². The van der Waals surface area contributed by atoms with E-state index in [9.17, 15) is 0 Å². The molecule has 1 saturated heterocycles. The van der Waals surface area contributed by atoms with E-state index in [0.29, 0.717) is 18.0 Å². The maximum atomic E-state index is 4.39. The van der Waals surface area contributed by atoms with E-state index >= 15 is 0 Å². The number of hydrogen-bond acceptors (Lipinski definition) is 3. The minimum Gasteiger partial charge on any atom is -0.356 e. The highest BCUT2D eigenvalue weighted by molar-refractivity contribution is 14.0. The number of likely N-dealkylation sites (tertiary alicyclic amines) is 1. The highest BCUT2D eigenvalue weighted by atomic mass is 127. The second-order valence-corrected chi connectivity index (χ2v) is 7.85. The Morgan fingerprint density at radius 3 is 2.32 bits per heavy atom. The van der Waals surface area contributed by atoms with Gasteiger partial charge in [0.25, 0.3) is 0 Å². The number of nitrogens with one attached hydrogen (secondary N) is 2. The van der Waals surface area contributed by atoms with Crippen LogP contribution in [0.3, 0.4) is 0 Å². The predicted octanol–water partition coefficient (Wildman–Crippen LogP) is 3.01. The van der Waals surface area contributed by atoms with Gasteiger partial charge in [-0.1, -0.05) is 26.2 Å². The normalized spacial score (nSPS) is 21.7. The monoisotopic (exact) mass is 467 g/mol.